The molecule has 1 atom stereocenters. The van der Waals surface area contributed by atoms with Crippen LogP contribution in [-0.4, -0.2) is 51.4 Å². The highest BCUT2D eigenvalue weighted by Crippen LogP contribution is 2.26. The van der Waals surface area contributed by atoms with E-state index in [1.165, 1.54) is 18.2 Å². The van der Waals surface area contributed by atoms with Crippen molar-refractivity contribution in [3.8, 4) is 5.75 Å². The van der Waals surface area contributed by atoms with E-state index in [0.717, 1.165) is 18.7 Å². The van der Waals surface area contributed by atoms with Gasteiger partial charge in [-0.15, -0.1) is 0 Å². The number of halogens is 3. The molecular weight excluding hydrogens is 361 g/mol. The van der Waals surface area contributed by atoms with Crippen LogP contribution in [0.3, 0.4) is 0 Å². The van der Waals surface area contributed by atoms with Gasteiger partial charge in [0.2, 0.25) is 0 Å². The Balaban J connectivity index is 0.00000225. The summed E-state index contributed by atoms with van der Waals surface area (Å²) >= 11 is -3.38. The number of ether oxygens (including phenoxy) is 1. The number of hydrogen-bond acceptors (Lipinski definition) is 5. The van der Waals surface area contributed by atoms with Crippen LogP contribution in [0.5, 0.6) is 5.75 Å². The average Bonchev–Trinajstić information content (AvgIpc) is 2.54. The molecule has 1 aromatic carbocycles. The third-order valence-corrected chi connectivity index (χ3v) is 4.30. The first kappa shape index (κ1) is 19.6. The van der Waals surface area contributed by atoms with Crippen molar-refractivity contribution in [2.45, 2.75) is 12.1 Å². The molecule has 0 saturated carbocycles. The molecule has 0 spiro atoms. The van der Waals surface area contributed by atoms with Crippen LogP contribution in [-0.2, 0) is 22.4 Å². The Morgan fingerprint density at radius 3 is 2.64 bits per heavy atom. The van der Waals surface area contributed by atoms with Crippen LogP contribution in [0.1, 0.15) is 5.56 Å². The maximum Gasteiger partial charge on any atom is 0.508 e. The molecule has 2 aromatic rings. The Morgan fingerprint density at radius 2 is 1.96 bits per heavy atom. The zero-order chi connectivity index (χ0) is 17.2. The Morgan fingerprint density at radius 1 is 1.24 bits per heavy atom. The fourth-order valence-electron chi connectivity index (χ4n) is 2.45. The van der Waals surface area contributed by atoms with Crippen LogP contribution in [0.2, 0.25) is 0 Å². The van der Waals surface area contributed by atoms with Gasteiger partial charge in [-0.3, -0.25) is 9.88 Å². The second-order valence-electron chi connectivity index (χ2n) is 5.35. The summed E-state index contributed by atoms with van der Waals surface area (Å²) in [6, 6.07) is 6.12. The molecule has 0 amide bonds. The summed E-state index contributed by atoms with van der Waals surface area (Å²) in [7, 11) is 0. The van der Waals surface area contributed by atoms with Gasteiger partial charge >= 0.3 is 16.6 Å². The number of benzene rings is 1. The highest BCUT2D eigenvalue weighted by Gasteiger charge is 2.40. The van der Waals surface area contributed by atoms with Gasteiger partial charge < -0.3 is 14.4 Å². The molecule has 3 rings (SSSR count). The number of nitrogens with zero attached hydrogens (tertiary/aromatic N) is 2. The number of rotatable bonds is 4. The molecule has 2 heterocycles. The molecule has 1 unspecified atom stereocenters. The predicted molar refractivity (Wildman–Crippen MR) is 86.3 cm³/mol. The van der Waals surface area contributed by atoms with E-state index in [9.17, 15) is 17.4 Å². The van der Waals surface area contributed by atoms with Gasteiger partial charge in [0.05, 0.1) is 18.7 Å². The van der Waals surface area contributed by atoms with Gasteiger partial charge in [-0.25, -0.2) is 4.21 Å². The number of alkyl halides is 3. The molecule has 0 bridgehead atoms. The standard InChI is InChI=1S/C15H15F3N2O3S.H2O/c16-15(17,18)24(21)23-13-1-2-14-12(8-13)7-11(9-19-14)10-20-3-5-22-6-4-20;/h1-2,7-9H,3-6,10H2;1H2. The van der Waals surface area contributed by atoms with Gasteiger partial charge in [-0.2, -0.15) is 13.2 Å². The van der Waals surface area contributed by atoms with Crippen LogP contribution in [0.25, 0.3) is 10.9 Å². The Kier molecular flexibility index (Phi) is 6.33. The lowest BCUT2D eigenvalue weighted by Crippen LogP contribution is -2.35. The van der Waals surface area contributed by atoms with Gasteiger partial charge in [0.15, 0.2) is 0 Å². The number of fused-ring (bicyclic) bond motifs is 1. The van der Waals surface area contributed by atoms with Gasteiger partial charge in [-0.1, -0.05) is 0 Å². The summed E-state index contributed by atoms with van der Waals surface area (Å²) in [4.78, 5) is 6.52. The molecule has 1 saturated heterocycles. The molecule has 1 aliphatic heterocycles. The van der Waals surface area contributed by atoms with Crippen molar-refractivity contribution in [1.29, 1.82) is 0 Å². The fourth-order valence-corrected chi connectivity index (χ4v) is 2.82. The van der Waals surface area contributed by atoms with Gasteiger partial charge in [0.25, 0.3) is 0 Å². The summed E-state index contributed by atoms with van der Waals surface area (Å²) in [5.74, 6) is -0.108. The maximum absolute atomic E-state index is 12.3. The highest BCUT2D eigenvalue weighted by atomic mass is 32.2. The second kappa shape index (κ2) is 8.09. The minimum atomic E-state index is -4.91. The van der Waals surface area contributed by atoms with Crippen molar-refractivity contribution in [1.82, 2.24) is 9.88 Å². The third kappa shape index (κ3) is 5.11. The average molecular weight is 378 g/mol. The Hall–Kier alpha value is -1.75. The molecule has 1 aliphatic rings. The lowest BCUT2D eigenvalue weighted by molar-refractivity contribution is -0.0437. The summed E-state index contributed by atoms with van der Waals surface area (Å²) in [5.41, 5.74) is -3.34. The van der Waals surface area contributed by atoms with Gasteiger partial charge in [-0.05, 0) is 29.8 Å². The summed E-state index contributed by atoms with van der Waals surface area (Å²) < 4.78 is 57.8. The lowest BCUT2D eigenvalue weighted by Gasteiger charge is -2.26. The number of morpholine rings is 1. The van der Waals surface area contributed by atoms with Crippen molar-refractivity contribution in [3.05, 3.63) is 36.0 Å². The van der Waals surface area contributed by atoms with Crippen molar-refractivity contribution in [3.63, 3.8) is 0 Å². The predicted octanol–water partition coefficient (Wildman–Crippen LogP) is 1.80. The summed E-state index contributed by atoms with van der Waals surface area (Å²) in [6.45, 7) is 3.70. The summed E-state index contributed by atoms with van der Waals surface area (Å²) in [6.07, 6.45) is 1.74. The van der Waals surface area contributed by atoms with E-state index in [0.29, 0.717) is 30.7 Å². The van der Waals surface area contributed by atoms with E-state index >= 15 is 0 Å². The Labute approximate surface area is 144 Å². The zero-order valence-corrected chi connectivity index (χ0v) is 13.9. The van der Waals surface area contributed by atoms with E-state index in [-0.39, 0.29) is 11.2 Å². The van der Waals surface area contributed by atoms with Crippen molar-refractivity contribution in [2.24, 2.45) is 0 Å². The number of hydrogen-bond donors (Lipinski definition) is 0. The molecule has 0 aliphatic carbocycles. The molecule has 10 heteroatoms. The first-order chi connectivity index (χ1) is 11.4. The molecule has 1 fully saturated rings. The SMILES string of the molecule is O.O=S(Oc1ccc2ncc(CN3CCOCC3)cc2c1)C(F)(F)F. The second-order valence-corrected chi connectivity index (χ2v) is 6.45. The number of pyridine rings is 1. The molecule has 1 aromatic heterocycles. The van der Waals surface area contributed by atoms with E-state index in [2.05, 4.69) is 14.1 Å². The molecule has 25 heavy (non-hydrogen) atoms. The van der Waals surface area contributed by atoms with Crippen LogP contribution in [0, 0.1) is 0 Å². The normalized spacial score (nSPS) is 17.1. The molecule has 0 radical (unpaired) electrons. The topological polar surface area (TPSA) is 83.2 Å². The minimum Gasteiger partial charge on any atom is -0.412 e. The Bertz CT molecular complexity index is 751. The van der Waals surface area contributed by atoms with Crippen LogP contribution >= 0.6 is 0 Å². The van der Waals surface area contributed by atoms with E-state index in [1.54, 1.807) is 6.20 Å². The molecule has 6 nitrogen and oxygen atoms in total. The minimum absolute atomic E-state index is 0. The van der Waals surface area contributed by atoms with E-state index < -0.39 is 16.6 Å². The lowest BCUT2D eigenvalue weighted by atomic mass is 10.1. The maximum atomic E-state index is 12.3. The first-order valence-electron chi connectivity index (χ1n) is 7.27. The van der Waals surface area contributed by atoms with Crippen LogP contribution in [0.4, 0.5) is 13.2 Å². The monoisotopic (exact) mass is 378 g/mol. The van der Waals surface area contributed by atoms with Crippen molar-refractivity contribution < 1.29 is 31.8 Å². The molecule has 138 valence electrons. The quantitative estimate of drug-likeness (QED) is 0.810. The molecule has 2 N–H and O–H groups in total. The largest absolute Gasteiger partial charge is 0.508 e. The van der Waals surface area contributed by atoms with Crippen molar-refractivity contribution in [2.75, 3.05) is 26.3 Å². The molecular formula is C15H17F3N2O4S. The smallest absolute Gasteiger partial charge is 0.412 e. The van der Waals surface area contributed by atoms with E-state index in [4.69, 9.17) is 4.74 Å². The number of aromatic nitrogens is 1. The van der Waals surface area contributed by atoms with E-state index in [1.807, 2.05) is 6.07 Å². The fraction of sp³-hybridized carbons (Fsp3) is 0.400. The van der Waals surface area contributed by atoms with Crippen LogP contribution < -0.4 is 4.18 Å². The zero-order valence-electron chi connectivity index (χ0n) is 13.1. The van der Waals surface area contributed by atoms with Gasteiger partial charge in [0, 0.05) is 31.2 Å². The highest BCUT2D eigenvalue weighted by molar-refractivity contribution is 7.81. The van der Waals surface area contributed by atoms with Crippen LogP contribution in [0.15, 0.2) is 30.5 Å². The third-order valence-electron chi connectivity index (χ3n) is 3.58. The van der Waals surface area contributed by atoms with Gasteiger partial charge in [0.1, 0.15) is 5.75 Å². The summed E-state index contributed by atoms with van der Waals surface area (Å²) in [5, 5.41) is 0.637. The first-order valence-corrected chi connectivity index (χ1v) is 8.35. The van der Waals surface area contributed by atoms with Crippen molar-refractivity contribution >= 4 is 22.0 Å².